The number of aromatic nitrogens is 2. The Morgan fingerprint density at radius 3 is 2.33 bits per heavy atom. The van der Waals surface area contributed by atoms with Crippen LogP contribution in [0.15, 0.2) is 12.4 Å². The molecule has 0 aliphatic rings. The summed E-state index contributed by atoms with van der Waals surface area (Å²) < 4.78 is 42.5. The Kier molecular flexibility index (Phi) is 3.73. The Bertz CT molecular complexity index is 432. The largest absolute Gasteiger partial charge is 0.449 e. The molecule has 0 bridgehead atoms. The molecule has 0 radical (unpaired) electrons. The number of carbonyl (C=O) groups excluding carboxylic acids is 1. The quantitative estimate of drug-likeness (QED) is 0.771. The first-order valence-corrected chi connectivity index (χ1v) is 5.34. The van der Waals surface area contributed by atoms with Crippen molar-refractivity contribution in [3.63, 3.8) is 0 Å². The third-order valence-electron chi connectivity index (χ3n) is 2.25. The van der Waals surface area contributed by atoms with Gasteiger partial charge in [0.25, 0.3) is 0 Å². The lowest BCUT2D eigenvalue weighted by Crippen LogP contribution is -2.30. The van der Waals surface area contributed by atoms with Crippen LogP contribution < -0.4 is 0 Å². The van der Waals surface area contributed by atoms with E-state index in [0.717, 1.165) is 6.92 Å². The molecule has 1 heterocycles. The van der Waals surface area contributed by atoms with Crippen LogP contribution in [0.25, 0.3) is 0 Å². The van der Waals surface area contributed by atoms with Crippen LogP contribution in [0, 0.1) is 0 Å². The van der Waals surface area contributed by atoms with Crippen molar-refractivity contribution in [3.8, 4) is 0 Å². The van der Waals surface area contributed by atoms with E-state index in [1.807, 2.05) is 20.8 Å². The summed E-state index contributed by atoms with van der Waals surface area (Å²) in [5.74, 6) is -1.03. The minimum absolute atomic E-state index is 0.000949. The third kappa shape index (κ3) is 3.48. The van der Waals surface area contributed by atoms with Crippen LogP contribution in [0.5, 0.6) is 0 Å². The number of rotatable bonds is 2. The SMILES string of the molecule is CC(OC(=O)c1cnn(C(C)(C)C)c1)C(F)(F)F. The van der Waals surface area contributed by atoms with Gasteiger partial charge in [-0.05, 0) is 27.7 Å². The highest BCUT2D eigenvalue weighted by Gasteiger charge is 2.39. The van der Waals surface area contributed by atoms with E-state index in [2.05, 4.69) is 9.84 Å². The standard InChI is InChI=1S/C11H15F3N2O2/c1-7(11(12,13)14)18-9(17)8-5-15-16(6-8)10(2,3)4/h5-7H,1-4H3. The first-order chi connectivity index (χ1) is 8.01. The molecule has 102 valence electrons. The lowest BCUT2D eigenvalue weighted by molar-refractivity contribution is -0.198. The number of carbonyl (C=O) groups is 1. The molecular weight excluding hydrogens is 249 g/mol. The van der Waals surface area contributed by atoms with E-state index < -0.39 is 18.2 Å². The van der Waals surface area contributed by atoms with Gasteiger partial charge in [0.15, 0.2) is 6.10 Å². The van der Waals surface area contributed by atoms with E-state index in [9.17, 15) is 18.0 Å². The Labute approximate surface area is 103 Å². The molecule has 0 N–H and O–H groups in total. The summed E-state index contributed by atoms with van der Waals surface area (Å²) in [7, 11) is 0. The second-order valence-corrected chi connectivity index (χ2v) is 4.93. The minimum Gasteiger partial charge on any atom is -0.449 e. The zero-order valence-electron chi connectivity index (χ0n) is 10.6. The van der Waals surface area contributed by atoms with Crippen molar-refractivity contribution in [2.75, 3.05) is 0 Å². The van der Waals surface area contributed by atoms with Gasteiger partial charge < -0.3 is 4.74 Å². The average Bonchev–Trinajstić information content (AvgIpc) is 2.63. The first kappa shape index (κ1) is 14.5. The lowest BCUT2D eigenvalue weighted by Gasteiger charge is -2.18. The first-order valence-electron chi connectivity index (χ1n) is 5.34. The molecule has 1 aromatic rings. The fraction of sp³-hybridized carbons (Fsp3) is 0.636. The molecule has 0 fully saturated rings. The van der Waals surface area contributed by atoms with E-state index >= 15 is 0 Å². The maximum Gasteiger partial charge on any atom is 0.425 e. The van der Waals surface area contributed by atoms with E-state index in [0.29, 0.717) is 0 Å². The zero-order chi connectivity index (χ0) is 14.1. The average molecular weight is 264 g/mol. The summed E-state index contributed by atoms with van der Waals surface area (Å²) in [5.41, 5.74) is -0.352. The Balaban J connectivity index is 2.77. The van der Waals surface area contributed by atoms with Gasteiger partial charge >= 0.3 is 12.1 Å². The van der Waals surface area contributed by atoms with Crippen molar-refractivity contribution in [2.24, 2.45) is 0 Å². The monoisotopic (exact) mass is 264 g/mol. The molecule has 0 saturated heterocycles. The van der Waals surface area contributed by atoms with Crippen molar-refractivity contribution < 1.29 is 22.7 Å². The highest BCUT2D eigenvalue weighted by Crippen LogP contribution is 2.23. The molecule has 1 rings (SSSR count). The molecule has 4 nitrogen and oxygen atoms in total. The summed E-state index contributed by atoms with van der Waals surface area (Å²) in [6.07, 6.45) is -4.14. The fourth-order valence-corrected chi connectivity index (χ4v) is 1.09. The van der Waals surface area contributed by atoms with Crippen LogP contribution in [0.3, 0.4) is 0 Å². The number of hydrogen-bond donors (Lipinski definition) is 0. The molecule has 0 saturated carbocycles. The Morgan fingerprint density at radius 1 is 1.39 bits per heavy atom. The maximum atomic E-state index is 12.2. The van der Waals surface area contributed by atoms with Crippen molar-refractivity contribution in [2.45, 2.75) is 45.5 Å². The van der Waals surface area contributed by atoms with Gasteiger partial charge in [-0.1, -0.05) is 0 Å². The molecule has 0 aliphatic carbocycles. The predicted molar refractivity (Wildman–Crippen MR) is 58.2 cm³/mol. The van der Waals surface area contributed by atoms with E-state index in [-0.39, 0.29) is 11.1 Å². The van der Waals surface area contributed by atoms with Crippen molar-refractivity contribution in [1.82, 2.24) is 9.78 Å². The predicted octanol–water partition coefficient (Wildman–Crippen LogP) is 2.75. The minimum atomic E-state index is -4.56. The number of alkyl halides is 3. The van der Waals surface area contributed by atoms with Crippen LogP contribution in [-0.4, -0.2) is 28.0 Å². The van der Waals surface area contributed by atoms with Gasteiger partial charge in [0.1, 0.15) is 0 Å². The van der Waals surface area contributed by atoms with Gasteiger partial charge in [-0.3, -0.25) is 4.68 Å². The Morgan fingerprint density at radius 2 is 1.94 bits per heavy atom. The fourth-order valence-electron chi connectivity index (χ4n) is 1.09. The second kappa shape index (κ2) is 4.62. The summed E-state index contributed by atoms with van der Waals surface area (Å²) in [6, 6.07) is 0. The van der Waals surface area contributed by atoms with Gasteiger partial charge in [-0.15, -0.1) is 0 Å². The van der Waals surface area contributed by atoms with Crippen LogP contribution >= 0.6 is 0 Å². The third-order valence-corrected chi connectivity index (χ3v) is 2.25. The number of halogens is 3. The van der Waals surface area contributed by atoms with E-state index in [4.69, 9.17) is 0 Å². The number of hydrogen-bond acceptors (Lipinski definition) is 3. The normalized spacial score (nSPS) is 14.4. The number of esters is 1. The zero-order valence-corrected chi connectivity index (χ0v) is 10.6. The van der Waals surface area contributed by atoms with Crippen LogP contribution in [-0.2, 0) is 10.3 Å². The van der Waals surface area contributed by atoms with Gasteiger partial charge in [0, 0.05) is 6.20 Å². The van der Waals surface area contributed by atoms with Crippen LogP contribution in [0.1, 0.15) is 38.1 Å². The number of ether oxygens (including phenoxy) is 1. The maximum absolute atomic E-state index is 12.2. The van der Waals surface area contributed by atoms with E-state index in [1.54, 1.807) is 0 Å². The molecule has 18 heavy (non-hydrogen) atoms. The second-order valence-electron chi connectivity index (χ2n) is 4.93. The van der Waals surface area contributed by atoms with Crippen LogP contribution in [0.2, 0.25) is 0 Å². The highest BCUT2D eigenvalue weighted by molar-refractivity contribution is 5.88. The molecule has 0 amide bonds. The van der Waals surface area contributed by atoms with Crippen molar-refractivity contribution in [1.29, 1.82) is 0 Å². The van der Waals surface area contributed by atoms with Crippen molar-refractivity contribution in [3.05, 3.63) is 18.0 Å². The molecule has 1 aromatic heterocycles. The van der Waals surface area contributed by atoms with Gasteiger partial charge in [-0.25, -0.2) is 4.79 Å². The Hall–Kier alpha value is -1.53. The van der Waals surface area contributed by atoms with Gasteiger partial charge in [-0.2, -0.15) is 18.3 Å². The lowest BCUT2D eigenvalue weighted by atomic mass is 10.1. The van der Waals surface area contributed by atoms with E-state index in [1.165, 1.54) is 17.1 Å². The molecule has 1 atom stereocenters. The summed E-state index contributed by atoms with van der Waals surface area (Å²) >= 11 is 0. The smallest absolute Gasteiger partial charge is 0.425 e. The molecule has 7 heteroatoms. The molecule has 0 aliphatic heterocycles. The summed E-state index contributed by atoms with van der Waals surface area (Å²) in [6.45, 7) is 6.35. The highest BCUT2D eigenvalue weighted by atomic mass is 19.4. The molecular formula is C11H15F3N2O2. The van der Waals surface area contributed by atoms with Crippen LogP contribution in [0.4, 0.5) is 13.2 Å². The molecule has 0 aromatic carbocycles. The topological polar surface area (TPSA) is 44.1 Å². The number of nitrogens with zero attached hydrogens (tertiary/aromatic N) is 2. The van der Waals surface area contributed by atoms with Crippen molar-refractivity contribution >= 4 is 5.97 Å². The summed E-state index contributed by atoms with van der Waals surface area (Å²) in [4.78, 5) is 11.5. The summed E-state index contributed by atoms with van der Waals surface area (Å²) in [5, 5.41) is 3.91. The van der Waals surface area contributed by atoms with Gasteiger partial charge in [0.2, 0.25) is 0 Å². The van der Waals surface area contributed by atoms with Gasteiger partial charge in [0.05, 0.1) is 17.3 Å². The molecule has 1 unspecified atom stereocenters. The molecule has 0 spiro atoms.